The lowest BCUT2D eigenvalue weighted by atomic mass is 9.97. The summed E-state index contributed by atoms with van der Waals surface area (Å²) in [5, 5.41) is 1.20. The molecule has 0 amide bonds. The summed E-state index contributed by atoms with van der Waals surface area (Å²) in [6.45, 7) is 0. The average molecular weight is 134 g/mol. The summed E-state index contributed by atoms with van der Waals surface area (Å²) in [6.07, 6.45) is 0.630. The first-order valence-electron chi connectivity index (χ1n) is 2.87. The van der Waals surface area contributed by atoms with Gasteiger partial charge in [0.15, 0.2) is 0 Å². The molecule has 0 saturated heterocycles. The first-order valence-corrected chi connectivity index (χ1v) is 3.45. The predicted octanol–water partition coefficient (Wildman–Crippen LogP) is 0.855. The SMILES string of the molecule is [B]Cc1ccc(P)cc1. The van der Waals surface area contributed by atoms with Gasteiger partial charge in [0, 0.05) is 0 Å². The minimum Gasteiger partial charge on any atom is -0.106 e. The van der Waals surface area contributed by atoms with E-state index >= 15 is 0 Å². The molecule has 1 atom stereocenters. The minimum atomic E-state index is 0.630. The molecule has 0 bridgehead atoms. The minimum absolute atomic E-state index is 0.630. The normalized spacial score (nSPS) is 9.44. The Kier molecular flexibility index (Phi) is 2.30. The van der Waals surface area contributed by atoms with Gasteiger partial charge in [-0.3, -0.25) is 0 Å². The fourth-order valence-corrected chi connectivity index (χ4v) is 0.846. The molecule has 44 valence electrons. The van der Waals surface area contributed by atoms with E-state index < -0.39 is 0 Å². The summed E-state index contributed by atoms with van der Waals surface area (Å²) in [5.74, 6) is 0. The fraction of sp³-hybridized carbons (Fsp3) is 0.143. The van der Waals surface area contributed by atoms with E-state index in [0.29, 0.717) is 6.32 Å². The Balaban J connectivity index is 2.88. The van der Waals surface area contributed by atoms with Crippen molar-refractivity contribution < 1.29 is 0 Å². The van der Waals surface area contributed by atoms with Crippen molar-refractivity contribution in [2.45, 2.75) is 6.32 Å². The van der Waals surface area contributed by atoms with Gasteiger partial charge in [0.1, 0.15) is 0 Å². The van der Waals surface area contributed by atoms with Crippen molar-refractivity contribution in [1.29, 1.82) is 0 Å². The van der Waals surface area contributed by atoms with Crippen molar-refractivity contribution in [3.63, 3.8) is 0 Å². The Morgan fingerprint density at radius 2 is 1.78 bits per heavy atom. The molecular weight excluding hydrogens is 126 g/mol. The second-order valence-corrected chi connectivity index (χ2v) is 2.61. The van der Waals surface area contributed by atoms with Gasteiger partial charge in [-0.1, -0.05) is 36.1 Å². The van der Waals surface area contributed by atoms with Crippen LogP contribution in [-0.4, -0.2) is 7.85 Å². The second kappa shape index (κ2) is 3.03. The van der Waals surface area contributed by atoms with Crippen molar-refractivity contribution in [2.75, 3.05) is 0 Å². The van der Waals surface area contributed by atoms with E-state index in [2.05, 4.69) is 9.24 Å². The van der Waals surface area contributed by atoms with Gasteiger partial charge in [-0.15, -0.1) is 9.24 Å². The first kappa shape index (κ1) is 6.83. The molecule has 0 aliphatic carbocycles. The first-order chi connectivity index (χ1) is 4.33. The lowest BCUT2D eigenvalue weighted by Gasteiger charge is -1.94. The summed E-state index contributed by atoms with van der Waals surface area (Å²) in [4.78, 5) is 0. The molecule has 1 unspecified atom stereocenters. The molecule has 2 heteroatoms. The Morgan fingerprint density at radius 3 is 2.22 bits per heavy atom. The van der Waals surface area contributed by atoms with E-state index in [0.717, 1.165) is 0 Å². The Labute approximate surface area is 59.3 Å². The van der Waals surface area contributed by atoms with Crippen LogP contribution in [-0.2, 0) is 6.32 Å². The van der Waals surface area contributed by atoms with Crippen LogP contribution in [0, 0.1) is 0 Å². The highest BCUT2D eigenvalue weighted by Crippen LogP contribution is 1.97. The van der Waals surface area contributed by atoms with Crippen LogP contribution in [0.3, 0.4) is 0 Å². The van der Waals surface area contributed by atoms with Gasteiger partial charge < -0.3 is 0 Å². The van der Waals surface area contributed by atoms with Gasteiger partial charge in [-0.05, 0) is 5.30 Å². The van der Waals surface area contributed by atoms with Gasteiger partial charge in [0.2, 0.25) is 0 Å². The maximum absolute atomic E-state index is 5.39. The summed E-state index contributed by atoms with van der Waals surface area (Å²) in [6, 6.07) is 8.13. The quantitative estimate of drug-likeness (QED) is 0.394. The summed E-state index contributed by atoms with van der Waals surface area (Å²) in [7, 11) is 8.02. The monoisotopic (exact) mass is 134 g/mol. The van der Waals surface area contributed by atoms with E-state index in [1.165, 1.54) is 10.9 Å². The van der Waals surface area contributed by atoms with Crippen LogP contribution in [0.5, 0.6) is 0 Å². The van der Waals surface area contributed by atoms with Crippen molar-refractivity contribution in [2.24, 2.45) is 0 Å². The van der Waals surface area contributed by atoms with Crippen molar-refractivity contribution in [1.82, 2.24) is 0 Å². The Hall–Kier alpha value is -0.285. The van der Waals surface area contributed by atoms with Gasteiger partial charge >= 0.3 is 0 Å². The summed E-state index contributed by atoms with van der Waals surface area (Å²) >= 11 is 0. The maximum atomic E-state index is 5.39. The van der Waals surface area contributed by atoms with Crippen LogP contribution >= 0.6 is 9.24 Å². The molecule has 1 aromatic rings. The fourth-order valence-electron chi connectivity index (χ4n) is 0.654. The van der Waals surface area contributed by atoms with Gasteiger partial charge in [0.05, 0.1) is 7.85 Å². The third-order valence-electron chi connectivity index (χ3n) is 1.22. The molecule has 0 aromatic heterocycles. The molecule has 9 heavy (non-hydrogen) atoms. The molecule has 1 rings (SSSR count). The molecule has 0 heterocycles. The zero-order valence-corrected chi connectivity index (χ0v) is 6.33. The predicted molar refractivity (Wildman–Crippen MR) is 45.2 cm³/mol. The maximum Gasteiger partial charge on any atom is 0.0716 e. The summed E-state index contributed by atoms with van der Waals surface area (Å²) < 4.78 is 0. The largest absolute Gasteiger partial charge is 0.106 e. The third kappa shape index (κ3) is 1.84. The second-order valence-electron chi connectivity index (χ2n) is 1.95. The number of benzene rings is 1. The molecule has 2 radical (unpaired) electrons. The van der Waals surface area contributed by atoms with Gasteiger partial charge in [-0.2, -0.15) is 0 Å². The Morgan fingerprint density at radius 1 is 1.22 bits per heavy atom. The van der Waals surface area contributed by atoms with E-state index in [4.69, 9.17) is 7.85 Å². The highest BCUT2D eigenvalue weighted by Gasteiger charge is 1.84. The van der Waals surface area contributed by atoms with Crippen molar-refractivity contribution in [3.05, 3.63) is 29.8 Å². The van der Waals surface area contributed by atoms with Crippen LogP contribution in [0.1, 0.15) is 5.56 Å². The van der Waals surface area contributed by atoms with Crippen LogP contribution < -0.4 is 5.30 Å². The number of rotatable bonds is 1. The van der Waals surface area contributed by atoms with Crippen LogP contribution in [0.25, 0.3) is 0 Å². The van der Waals surface area contributed by atoms with E-state index in [9.17, 15) is 0 Å². The molecule has 0 aliphatic heterocycles. The molecule has 0 saturated carbocycles. The molecule has 0 nitrogen and oxygen atoms in total. The van der Waals surface area contributed by atoms with Crippen LogP contribution in [0.15, 0.2) is 24.3 Å². The highest BCUT2D eigenvalue weighted by molar-refractivity contribution is 7.27. The van der Waals surface area contributed by atoms with E-state index in [1.54, 1.807) is 0 Å². The third-order valence-corrected chi connectivity index (χ3v) is 1.60. The van der Waals surface area contributed by atoms with Crippen LogP contribution in [0.2, 0.25) is 0 Å². The lowest BCUT2D eigenvalue weighted by Crippen LogP contribution is -1.90. The van der Waals surface area contributed by atoms with Crippen molar-refractivity contribution in [3.8, 4) is 0 Å². The molecule has 0 fully saturated rings. The molecule has 0 spiro atoms. The number of hydrogen-bond acceptors (Lipinski definition) is 0. The standard InChI is InChI=1S/C7H8BP/c8-5-6-1-3-7(9)4-2-6/h1-4H,5,9H2. The molecular formula is C7H8BP. The van der Waals surface area contributed by atoms with Gasteiger partial charge in [0.25, 0.3) is 0 Å². The number of hydrogen-bond donors (Lipinski definition) is 0. The summed E-state index contributed by atoms with van der Waals surface area (Å²) in [5.41, 5.74) is 1.18. The molecule has 1 aromatic carbocycles. The van der Waals surface area contributed by atoms with E-state index in [-0.39, 0.29) is 0 Å². The topological polar surface area (TPSA) is 0 Å². The van der Waals surface area contributed by atoms with Gasteiger partial charge in [-0.25, -0.2) is 0 Å². The lowest BCUT2D eigenvalue weighted by molar-refractivity contribution is 1.41. The van der Waals surface area contributed by atoms with E-state index in [1.807, 2.05) is 24.3 Å². The van der Waals surface area contributed by atoms with Crippen molar-refractivity contribution >= 4 is 22.4 Å². The zero-order chi connectivity index (χ0) is 6.69. The Bertz CT molecular complexity index is 181. The highest BCUT2D eigenvalue weighted by atomic mass is 31.0. The molecule has 0 N–H and O–H groups in total. The van der Waals surface area contributed by atoms with Crippen LogP contribution in [0.4, 0.5) is 0 Å². The average Bonchev–Trinajstić information content (AvgIpc) is 1.90. The smallest absolute Gasteiger partial charge is 0.0716 e. The zero-order valence-electron chi connectivity index (χ0n) is 5.17. The molecule has 0 aliphatic rings.